The number of hydrogen-bond acceptors (Lipinski definition) is 4. The molecule has 144 valence electrons. The van der Waals surface area contributed by atoms with Gasteiger partial charge in [-0.3, -0.25) is 4.79 Å². The molecule has 7 heteroatoms. The molecule has 4 rings (SSSR count). The van der Waals surface area contributed by atoms with Gasteiger partial charge in [-0.25, -0.2) is 8.78 Å². The van der Waals surface area contributed by atoms with Crippen molar-refractivity contribution in [1.82, 2.24) is 15.0 Å². The quantitative estimate of drug-likeness (QED) is 0.679. The molecule has 0 N–H and O–H groups in total. The first kappa shape index (κ1) is 18.3. The first-order chi connectivity index (χ1) is 13.4. The minimum absolute atomic E-state index is 0.0828. The Labute approximate surface area is 161 Å². The summed E-state index contributed by atoms with van der Waals surface area (Å²) in [5.74, 6) is -0.788. The van der Waals surface area contributed by atoms with Crippen LogP contribution in [0.3, 0.4) is 0 Å². The average Bonchev–Trinajstić information content (AvgIpc) is 3.27. The van der Waals surface area contributed by atoms with Crippen molar-refractivity contribution in [3.05, 3.63) is 70.6 Å². The van der Waals surface area contributed by atoms with E-state index in [0.29, 0.717) is 18.3 Å². The molecule has 1 aliphatic rings. The number of carbonyl (C=O) groups excluding carboxylic acids is 1. The largest absolute Gasteiger partial charge is 0.339 e. The van der Waals surface area contributed by atoms with E-state index in [0.717, 1.165) is 22.8 Å². The molecule has 1 fully saturated rings. The number of likely N-dealkylation sites (tertiary alicyclic amines) is 1. The van der Waals surface area contributed by atoms with E-state index in [9.17, 15) is 13.6 Å². The zero-order chi connectivity index (χ0) is 19.8. The van der Waals surface area contributed by atoms with Crippen molar-refractivity contribution in [3.8, 4) is 11.4 Å². The third-order valence-corrected chi connectivity index (χ3v) is 5.02. The van der Waals surface area contributed by atoms with Gasteiger partial charge in [-0.05, 0) is 31.5 Å². The predicted molar refractivity (Wildman–Crippen MR) is 98.3 cm³/mol. The highest BCUT2D eigenvalue weighted by atomic mass is 19.1. The molecular weight excluding hydrogens is 364 g/mol. The molecule has 1 aliphatic heterocycles. The fourth-order valence-electron chi connectivity index (χ4n) is 3.43. The van der Waals surface area contributed by atoms with Gasteiger partial charge in [0, 0.05) is 36.7 Å². The van der Waals surface area contributed by atoms with Crippen LogP contribution in [0.5, 0.6) is 0 Å². The van der Waals surface area contributed by atoms with Crippen molar-refractivity contribution in [1.29, 1.82) is 0 Å². The number of benzene rings is 2. The van der Waals surface area contributed by atoms with Gasteiger partial charge in [0.05, 0.1) is 5.92 Å². The molecule has 0 bridgehead atoms. The molecule has 0 radical (unpaired) electrons. The Bertz CT molecular complexity index is 1050. The highest BCUT2D eigenvalue weighted by Crippen LogP contribution is 2.31. The van der Waals surface area contributed by atoms with E-state index in [2.05, 4.69) is 10.1 Å². The number of hydrogen-bond donors (Lipinski definition) is 0. The standard InChI is InChI=1S/C21H19F2N3O2/c1-12-3-4-13(2)17(7-12)20-24-21(28-25-20)15-8-19(27)26(11-15)10-14-5-6-16(22)9-18(14)23/h3-7,9,15H,8,10-11H2,1-2H3. The monoisotopic (exact) mass is 383 g/mol. The van der Waals surface area contributed by atoms with E-state index in [1.807, 2.05) is 32.0 Å². The van der Waals surface area contributed by atoms with Crippen LogP contribution in [0.1, 0.15) is 34.9 Å². The summed E-state index contributed by atoms with van der Waals surface area (Å²) < 4.78 is 32.4. The number of carbonyl (C=O) groups is 1. The van der Waals surface area contributed by atoms with Gasteiger partial charge >= 0.3 is 0 Å². The molecule has 1 unspecified atom stereocenters. The Kier molecular flexibility index (Phi) is 4.66. The summed E-state index contributed by atoms with van der Waals surface area (Å²) in [6, 6.07) is 9.37. The average molecular weight is 383 g/mol. The van der Waals surface area contributed by atoms with Crippen LogP contribution >= 0.6 is 0 Å². The molecular formula is C21H19F2N3O2. The highest BCUT2D eigenvalue weighted by Gasteiger charge is 2.34. The van der Waals surface area contributed by atoms with Crippen LogP contribution in [0.2, 0.25) is 0 Å². The van der Waals surface area contributed by atoms with Crippen LogP contribution < -0.4 is 0 Å². The molecule has 2 heterocycles. The number of rotatable bonds is 4. The van der Waals surface area contributed by atoms with Crippen LogP contribution in [0.25, 0.3) is 11.4 Å². The van der Waals surface area contributed by atoms with E-state index in [-0.39, 0.29) is 30.4 Å². The summed E-state index contributed by atoms with van der Waals surface area (Å²) in [5, 5.41) is 4.07. The van der Waals surface area contributed by atoms with E-state index >= 15 is 0 Å². The molecule has 1 aromatic heterocycles. The van der Waals surface area contributed by atoms with E-state index in [1.165, 1.54) is 17.0 Å². The molecule has 3 aromatic rings. The fraction of sp³-hybridized carbons (Fsp3) is 0.286. The molecule has 0 saturated carbocycles. The van der Waals surface area contributed by atoms with Gasteiger partial charge < -0.3 is 9.42 Å². The fourth-order valence-corrected chi connectivity index (χ4v) is 3.43. The van der Waals surface area contributed by atoms with Gasteiger partial charge in [0.2, 0.25) is 17.6 Å². The third kappa shape index (κ3) is 3.52. The number of nitrogens with zero attached hydrogens (tertiary/aromatic N) is 3. The van der Waals surface area contributed by atoms with Crippen LogP contribution in [-0.2, 0) is 11.3 Å². The van der Waals surface area contributed by atoms with Crippen molar-refractivity contribution in [2.45, 2.75) is 32.7 Å². The maximum Gasteiger partial charge on any atom is 0.232 e. The second-order valence-electron chi connectivity index (χ2n) is 7.19. The van der Waals surface area contributed by atoms with Crippen molar-refractivity contribution < 1.29 is 18.1 Å². The first-order valence-corrected chi connectivity index (χ1v) is 9.03. The predicted octanol–water partition coefficient (Wildman–Crippen LogP) is 4.15. The summed E-state index contributed by atoms with van der Waals surface area (Å²) in [7, 11) is 0. The van der Waals surface area contributed by atoms with Gasteiger partial charge in [0.15, 0.2) is 0 Å². The van der Waals surface area contributed by atoms with Gasteiger partial charge in [-0.2, -0.15) is 4.98 Å². The highest BCUT2D eigenvalue weighted by molar-refractivity contribution is 5.79. The SMILES string of the molecule is Cc1ccc(C)c(-c2noc(C3CC(=O)N(Cc4ccc(F)cc4F)C3)n2)c1. The van der Waals surface area contributed by atoms with Crippen molar-refractivity contribution in [2.75, 3.05) is 6.54 Å². The van der Waals surface area contributed by atoms with Gasteiger partial charge in [0.25, 0.3) is 0 Å². The Morgan fingerprint density at radius 3 is 2.79 bits per heavy atom. The summed E-state index contributed by atoms with van der Waals surface area (Å²) >= 11 is 0. The lowest BCUT2D eigenvalue weighted by Gasteiger charge is -2.16. The van der Waals surface area contributed by atoms with Crippen LogP contribution in [0.15, 0.2) is 40.9 Å². The van der Waals surface area contributed by atoms with Crippen molar-refractivity contribution in [3.63, 3.8) is 0 Å². The zero-order valence-corrected chi connectivity index (χ0v) is 15.6. The Balaban J connectivity index is 1.51. The number of aryl methyl sites for hydroxylation is 2. The number of halogens is 2. The molecule has 1 saturated heterocycles. The second-order valence-corrected chi connectivity index (χ2v) is 7.19. The Hall–Kier alpha value is -3.09. The summed E-state index contributed by atoms with van der Waals surface area (Å²) in [6.45, 7) is 4.40. The molecule has 0 spiro atoms. The topological polar surface area (TPSA) is 59.2 Å². The summed E-state index contributed by atoms with van der Waals surface area (Å²) in [6.07, 6.45) is 0.219. The van der Waals surface area contributed by atoms with Crippen molar-refractivity contribution in [2.24, 2.45) is 0 Å². The van der Waals surface area contributed by atoms with Gasteiger partial charge in [-0.15, -0.1) is 0 Å². The smallest absolute Gasteiger partial charge is 0.232 e. The first-order valence-electron chi connectivity index (χ1n) is 9.03. The van der Waals surface area contributed by atoms with Crippen LogP contribution in [0.4, 0.5) is 8.78 Å². The minimum atomic E-state index is -0.661. The number of aromatic nitrogens is 2. The summed E-state index contributed by atoms with van der Waals surface area (Å²) in [4.78, 5) is 18.4. The zero-order valence-electron chi connectivity index (χ0n) is 15.6. The molecule has 1 atom stereocenters. The van der Waals surface area contributed by atoms with Crippen LogP contribution in [-0.4, -0.2) is 27.5 Å². The Morgan fingerprint density at radius 2 is 2.00 bits per heavy atom. The second kappa shape index (κ2) is 7.14. The van der Waals surface area contributed by atoms with Crippen LogP contribution in [0, 0.1) is 25.5 Å². The molecule has 2 aromatic carbocycles. The molecule has 28 heavy (non-hydrogen) atoms. The van der Waals surface area contributed by atoms with E-state index < -0.39 is 11.6 Å². The molecule has 1 amide bonds. The molecule has 5 nitrogen and oxygen atoms in total. The van der Waals surface area contributed by atoms with Gasteiger partial charge in [0.1, 0.15) is 11.6 Å². The molecule has 0 aliphatic carbocycles. The van der Waals surface area contributed by atoms with Crippen molar-refractivity contribution >= 4 is 5.91 Å². The van der Waals surface area contributed by atoms with E-state index in [1.54, 1.807) is 0 Å². The normalized spacial score (nSPS) is 16.8. The third-order valence-electron chi connectivity index (χ3n) is 5.02. The lowest BCUT2D eigenvalue weighted by molar-refractivity contribution is -0.128. The van der Waals surface area contributed by atoms with Gasteiger partial charge in [-0.1, -0.05) is 28.9 Å². The summed E-state index contributed by atoms with van der Waals surface area (Å²) in [5.41, 5.74) is 3.30. The lowest BCUT2D eigenvalue weighted by Crippen LogP contribution is -2.25. The Morgan fingerprint density at radius 1 is 1.18 bits per heavy atom. The number of amides is 1. The maximum absolute atomic E-state index is 13.9. The van der Waals surface area contributed by atoms with E-state index in [4.69, 9.17) is 4.52 Å². The minimum Gasteiger partial charge on any atom is -0.339 e. The maximum atomic E-state index is 13.9. The lowest BCUT2D eigenvalue weighted by atomic mass is 10.1.